The first-order valence-electron chi connectivity index (χ1n) is 7.98. The van der Waals surface area contributed by atoms with Gasteiger partial charge in [-0.1, -0.05) is 30.3 Å². The number of likely N-dealkylation sites (N-methyl/N-ethyl adjacent to an activating group) is 1. The second-order valence-corrected chi connectivity index (χ2v) is 6.29. The predicted molar refractivity (Wildman–Crippen MR) is 87.6 cm³/mol. The molecule has 0 unspecified atom stereocenters. The molecule has 0 saturated carbocycles. The fourth-order valence-corrected chi connectivity index (χ4v) is 3.17. The third kappa shape index (κ3) is 3.62. The Balaban J connectivity index is 1.55. The summed E-state index contributed by atoms with van der Waals surface area (Å²) in [6.07, 6.45) is 5.02. The van der Waals surface area contributed by atoms with Crippen LogP contribution in [0, 0.1) is 0 Å². The molecule has 2 fully saturated rings. The first kappa shape index (κ1) is 15.7. The Morgan fingerprint density at radius 3 is 2.57 bits per heavy atom. The topological polar surface area (TPSA) is 49.9 Å². The lowest BCUT2D eigenvalue weighted by Crippen LogP contribution is -2.58. The van der Waals surface area contributed by atoms with Gasteiger partial charge in [0.15, 0.2) is 0 Å². The molecule has 0 aromatic heterocycles. The van der Waals surface area contributed by atoms with Crippen molar-refractivity contribution in [3.63, 3.8) is 0 Å². The maximum atomic E-state index is 12.3. The summed E-state index contributed by atoms with van der Waals surface area (Å²) in [6, 6.07) is 9.80. The molecule has 0 N–H and O–H groups in total. The number of amides is 2. The summed E-state index contributed by atoms with van der Waals surface area (Å²) in [5, 5.41) is 0. The first-order chi connectivity index (χ1) is 11.1. The Kier molecular flexibility index (Phi) is 4.48. The second-order valence-electron chi connectivity index (χ2n) is 6.29. The van der Waals surface area contributed by atoms with Gasteiger partial charge in [-0.2, -0.15) is 0 Å². The van der Waals surface area contributed by atoms with Crippen LogP contribution >= 0.6 is 0 Å². The normalized spacial score (nSPS) is 21.2. The molecule has 1 spiro atoms. The molecular formula is C18H22N2O3. The molecule has 1 aromatic rings. The van der Waals surface area contributed by atoms with Crippen molar-refractivity contribution in [3.8, 4) is 0 Å². The van der Waals surface area contributed by atoms with Crippen molar-refractivity contribution in [2.24, 2.45) is 0 Å². The summed E-state index contributed by atoms with van der Waals surface area (Å²) in [5.41, 5.74) is 0.743. The molecule has 0 bridgehead atoms. The minimum absolute atomic E-state index is 0.0277. The molecule has 5 heteroatoms. The average molecular weight is 314 g/mol. The van der Waals surface area contributed by atoms with Gasteiger partial charge in [0.2, 0.25) is 11.8 Å². The molecule has 0 atom stereocenters. The summed E-state index contributed by atoms with van der Waals surface area (Å²) in [5.74, 6) is 0.0591. The van der Waals surface area contributed by atoms with E-state index >= 15 is 0 Å². The van der Waals surface area contributed by atoms with E-state index < -0.39 is 0 Å². The van der Waals surface area contributed by atoms with Crippen LogP contribution in [0.15, 0.2) is 36.4 Å². The molecule has 3 rings (SSSR count). The third-order valence-corrected chi connectivity index (χ3v) is 4.66. The zero-order chi connectivity index (χ0) is 16.3. The number of hydrogen-bond donors (Lipinski definition) is 0. The van der Waals surface area contributed by atoms with Crippen molar-refractivity contribution in [1.29, 1.82) is 0 Å². The van der Waals surface area contributed by atoms with Crippen molar-refractivity contribution < 1.29 is 14.3 Å². The van der Waals surface area contributed by atoms with Gasteiger partial charge in [-0.3, -0.25) is 9.59 Å². The van der Waals surface area contributed by atoms with Crippen LogP contribution in [0.1, 0.15) is 18.4 Å². The number of nitrogens with zero attached hydrogens (tertiary/aromatic N) is 2. The van der Waals surface area contributed by atoms with Crippen LogP contribution in [-0.4, -0.2) is 60.5 Å². The van der Waals surface area contributed by atoms with Crippen LogP contribution in [0.25, 0.3) is 6.08 Å². The first-order valence-corrected chi connectivity index (χ1v) is 7.98. The second kappa shape index (κ2) is 6.54. The standard InChI is InChI=1S/C18H22N2O3/c1-19-14-18(23-13-17(19)22)9-11-20(12-10-18)16(21)8-7-15-5-3-2-4-6-15/h2-8H,9-14H2,1H3/b8-7+. The van der Waals surface area contributed by atoms with Crippen LogP contribution in [0.5, 0.6) is 0 Å². The summed E-state index contributed by atoms with van der Waals surface area (Å²) in [4.78, 5) is 27.4. The smallest absolute Gasteiger partial charge is 0.248 e. The Morgan fingerprint density at radius 2 is 1.91 bits per heavy atom. The molecule has 0 radical (unpaired) electrons. The minimum Gasteiger partial charge on any atom is -0.363 e. The highest BCUT2D eigenvalue weighted by molar-refractivity contribution is 5.91. The Labute approximate surface area is 136 Å². The predicted octanol–water partition coefficient (Wildman–Crippen LogP) is 1.55. The number of morpholine rings is 1. The van der Waals surface area contributed by atoms with Gasteiger partial charge in [0.1, 0.15) is 6.61 Å². The Hall–Kier alpha value is -2.14. The number of hydrogen-bond acceptors (Lipinski definition) is 3. The van der Waals surface area contributed by atoms with Crippen LogP contribution in [0.3, 0.4) is 0 Å². The number of likely N-dealkylation sites (tertiary alicyclic amines) is 1. The highest BCUT2D eigenvalue weighted by Crippen LogP contribution is 2.30. The van der Waals surface area contributed by atoms with Crippen molar-refractivity contribution in [2.45, 2.75) is 18.4 Å². The number of carbonyl (C=O) groups excluding carboxylic acids is 2. The molecule has 122 valence electrons. The van der Waals surface area contributed by atoms with Crippen molar-refractivity contribution >= 4 is 17.9 Å². The lowest BCUT2D eigenvalue weighted by Gasteiger charge is -2.46. The molecular weight excluding hydrogens is 292 g/mol. The van der Waals surface area contributed by atoms with Gasteiger partial charge in [0.05, 0.1) is 5.60 Å². The fraction of sp³-hybridized carbons (Fsp3) is 0.444. The number of ether oxygens (including phenoxy) is 1. The highest BCUT2D eigenvalue weighted by atomic mass is 16.5. The summed E-state index contributed by atoms with van der Waals surface area (Å²) < 4.78 is 5.80. The van der Waals surface area contributed by atoms with Gasteiger partial charge >= 0.3 is 0 Å². The molecule has 0 aliphatic carbocycles. The van der Waals surface area contributed by atoms with Gasteiger partial charge in [-0.05, 0) is 24.5 Å². The van der Waals surface area contributed by atoms with E-state index in [-0.39, 0.29) is 24.0 Å². The zero-order valence-electron chi connectivity index (χ0n) is 13.4. The summed E-state index contributed by atoms with van der Waals surface area (Å²) >= 11 is 0. The Bertz CT molecular complexity index is 604. The SMILES string of the molecule is CN1CC2(CCN(C(=O)/C=C/c3ccccc3)CC2)OCC1=O. The quantitative estimate of drug-likeness (QED) is 0.778. The maximum Gasteiger partial charge on any atom is 0.248 e. The van der Waals surface area contributed by atoms with Gasteiger partial charge in [-0.15, -0.1) is 0 Å². The summed E-state index contributed by atoms with van der Waals surface area (Å²) in [6.45, 7) is 2.10. The molecule has 2 aliphatic rings. The largest absolute Gasteiger partial charge is 0.363 e. The number of carbonyl (C=O) groups is 2. The number of benzene rings is 1. The Morgan fingerprint density at radius 1 is 1.22 bits per heavy atom. The lowest BCUT2D eigenvalue weighted by molar-refractivity contribution is -0.170. The highest BCUT2D eigenvalue weighted by Gasteiger charge is 2.41. The molecule has 1 aromatic carbocycles. The molecule has 2 saturated heterocycles. The van der Waals surface area contributed by atoms with Crippen LogP contribution in [0.2, 0.25) is 0 Å². The molecule has 23 heavy (non-hydrogen) atoms. The minimum atomic E-state index is -0.275. The molecule has 2 heterocycles. The van der Waals surface area contributed by atoms with Gasteiger partial charge in [0.25, 0.3) is 0 Å². The summed E-state index contributed by atoms with van der Waals surface area (Å²) in [7, 11) is 1.81. The zero-order valence-corrected chi connectivity index (χ0v) is 13.4. The third-order valence-electron chi connectivity index (χ3n) is 4.66. The molecule has 5 nitrogen and oxygen atoms in total. The lowest BCUT2D eigenvalue weighted by atomic mass is 9.89. The van der Waals surface area contributed by atoms with E-state index in [4.69, 9.17) is 4.74 Å². The van der Waals surface area contributed by atoms with E-state index in [0.717, 1.165) is 18.4 Å². The number of piperidine rings is 1. The average Bonchev–Trinajstić information content (AvgIpc) is 2.58. The van der Waals surface area contributed by atoms with E-state index in [1.807, 2.05) is 48.4 Å². The van der Waals surface area contributed by atoms with Crippen LogP contribution in [-0.2, 0) is 14.3 Å². The van der Waals surface area contributed by atoms with Crippen LogP contribution < -0.4 is 0 Å². The number of rotatable bonds is 2. The molecule has 2 amide bonds. The van der Waals surface area contributed by atoms with E-state index in [1.54, 1.807) is 11.0 Å². The van der Waals surface area contributed by atoms with Gasteiger partial charge in [-0.25, -0.2) is 0 Å². The van der Waals surface area contributed by atoms with Crippen molar-refractivity contribution in [3.05, 3.63) is 42.0 Å². The molecule has 2 aliphatic heterocycles. The maximum absolute atomic E-state index is 12.3. The van der Waals surface area contributed by atoms with E-state index in [2.05, 4.69) is 0 Å². The van der Waals surface area contributed by atoms with E-state index in [9.17, 15) is 9.59 Å². The van der Waals surface area contributed by atoms with Crippen molar-refractivity contribution in [1.82, 2.24) is 9.80 Å². The van der Waals surface area contributed by atoms with E-state index in [0.29, 0.717) is 19.6 Å². The van der Waals surface area contributed by atoms with Gasteiger partial charge < -0.3 is 14.5 Å². The van der Waals surface area contributed by atoms with Crippen LogP contribution in [0.4, 0.5) is 0 Å². The fourth-order valence-electron chi connectivity index (χ4n) is 3.17. The van der Waals surface area contributed by atoms with Crippen molar-refractivity contribution in [2.75, 3.05) is 33.3 Å². The monoisotopic (exact) mass is 314 g/mol. The van der Waals surface area contributed by atoms with Gasteiger partial charge in [0, 0.05) is 32.8 Å². The van der Waals surface area contributed by atoms with E-state index in [1.165, 1.54) is 0 Å².